The second-order valence-electron chi connectivity index (χ2n) is 4.47. The van der Waals surface area contributed by atoms with Gasteiger partial charge in [0.15, 0.2) is 0 Å². The van der Waals surface area contributed by atoms with Gasteiger partial charge < -0.3 is 15.1 Å². The first-order valence-electron chi connectivity index (χ1n) is 6.30. The van der Waals surface area contributed by atoms with Gasteiger partial charge >= 0.3 is 0 Å². The van der Waals surface area contributed by atoms with Crippen molar-refractivity contribution in [2.24, 2.45) is 0 Å². The van der Waals surface area contributed by atoms with Gasteiger partial charge in [0.25, 0.3) is 0 Å². The second-order valence-corrected chi connectivity index (χ2v) is 4.47. The number of allylic oxidation sites excluding steroid dienone is 5. The minimum absolute atomic E-state index is 1.13. The number of rotatable bonds is 4. The van der Waals surface area contributed by atoms with Gasteiger partial charge in [-0.1, -0.05) is 6.08 Å². The Morgan fingerprint density at radius 2 is 1.76 bits per heavy atom. The summed E-state index contributed by atoms with van der Waals surface area (Å²) in [6, 6.07) is 0. The second kappa shape index (κ2) is 7.17. The lowest BCUT2D eigenvalue weighted by molar-refractivity contribution is 0.186. The Balaban J connectivity index is 2.59. The molecule has 0 aromatic heterocycles. The molecule has 1 aliphatic rings. The number of hydrogen-bond acceptors (Lipinski definition) is 3. The van der Waals surface area contributed by atoms with Crippen molar-refractivity contribution >= 4 is 0 Å². The van der Waals surface area contributed by atoms with Gasteiger partial charge in [-0.2, -0.15) is 0 Å². The summed E-state index contributed by atoms with van der Waals surface area (Å²) in [5.74, 6) is 0. The maximum atomic E-state index is 3.17. The smallest absolute Gasteiger partial charge is 0.0334 e. The Kier molecular flexibility index (Phi) is 5.84. The fourth-order valence-corrected chi connectivity index (χ4v) is 1.88. The van der Waals surface area contributed by atoms with Crippen LogP contribution in [-0.2, 0) is 0 Å². The van der Waals surface area contributed by atoms with E-state index in [1.165, 1.54) is 5.70 Å². The lowest BCUT2D eigenvalue weighted by Crippen LogP contribution is -2.43. The molecule has 0 bridgehead atoms. The van der Waals surface area contributed by atoms with Gasteiger partial charge in [0.2, 0.25) is 0 Å². The molecule has 96 valence electrons. The predicted molar refractivity (Wildman–Crippen MR) is 74.8 cm³/mol. The molecule has 0 radical (unpaired) electrons. The number of nitrogens with one attached hydrogen (secondary N) is 1. The van der Waals surface area contributed by atoms with E-state index in [0.29, 0.717) is 0 Å². The Labute approximate surface area is 105 Å². The lowest BCUT2D eigenvalue weighted by Gasteiger charge is -2.34. The van der Waals surface area contributed by atoms with E-state index in [0.717, 1.165) is 31.9 Å². The van der Waals surface area contributed by atoms with E-state index >= 15 is 0 Å². The number of nitrogens with zero attached hydrogens (tertiary/aromatic N) is 2. The molecule has 0 amide bonds. The molecule has 1 fully saturated rings. The molecule has 1 saturated heterocycles. The van der Waals surface area contributed by atoms with E-state index in [-0.39, 0.29) is 0 Å². The summed E-state index contributed by atoms with van der Waals surface area (Å²) in [5, 5.41) is 3.17. The van der Waals surface area contributed by atoms with Gasteiger partial charge in [-0.15, -0.1) is 0 Å². The number of hydrogen-bond donors (Lipinski definition) is 1. The average Bonchev–Trinajstić information content (AvgIpc) is 2.35. The van der Waals surface area contributed by atoms with Crippen molar-refractivity contribution in [3.8, 4) is 0 Å². The summed E-state index contributed by atoms with van der Waals surface area (Å²) in [4.78, 5) is 4.82. The van der Waals surface area contributed by atoms with Crippen molar-refractivity contribution in [1.82, 2.24) is 15.1 Å². The van der Waals surface area contributed by atoms with E-state index in [2.05, 4.69) is 47.3 Å². The van der Waals surface area contributed by atoms with Crippen LogP contribution in [0.4, 0.5) is 0 Å². The molecule has 1 aliphatic heterocycles. The highest BCUT2D eigenvalue weighted by Crippen LogP contribution is 2.08. The van der Waals surface area contributed by atoms with Crippen LogP contribution in [0.25, 0.3) is 0 Å². The first-order valence-corrected chi connectivity index (χ1v) is 6.30. The molecule has 1 rings (SSSR count). The molecular weight excluding hydrogens is 210 g/mol. The molecule has 3 nitrogen and oxygen atoms in total. The summed E-state index contributed by atoms with van der Waals surface area (Å²) < 4.78 is 0. The average molecular weight is 235 g/mol. The highest BCUT2D eigenvalue weighted by atomic mass is 15.2. The first kappa shape index (κ1) is 13.8. The van der Waals surface area contributed by atoms with Crippen molar-refractivity contribution in [2.75, 3.05) is 40.3 Å². The molecule has 1 N–H and O–H groups in total. The van der Waals surface area contributed by atoms with Crippen LogP contribution in [0.5, 0.6) is 0 Å². The van der Waals surface area contributed by atoms with E-state index < -0.39 is 0 Å². The summed E-state index contributed by atoms with van der Waals surface area (Å²) in [6.07, 6.45) is 8.44. The molecular formula is C14H25N3. The van der Waals surface area contributed by atoms with Gasteiger partial charge in [0.1, 0.15) is 0 Å². The third kappa shape index (κ3) is 4.65. The molecule has 3 heteroatoms. The zero-order valence-electron chi connectivity index (χ0n) is 11.5. The van der Waals surface area contributed by atoms with Crippen molar-refractivity contribution < 1.29 is 0 Å². The number of piperazine rings is 1. The SMILES string of the molecule is C\C=C/C(=C\C=C(/C)N1CCN(C)CC1)NC. The lowest BCUT2D eigenvalue weighted by atomic mass is 10.2. The highest BCUT2D eigenvalue weighted by Gasteiger charge is 2.12. The predicted octanol–water partition coefficient (Wildman–Crippen LogP) is 1.82. The first-order chi connectivity index (χ1) is 8.17. The van der Waals surface area contributed by atoms with Gasteiger partial charge in [0, 0.05) is 44.6 Å². The zero-order chi connectivity index (χ0) is 12.7. The van der Waals surface area contributed by atoms with E-state index in [4.69, 9.17) is 0 Å². The third-order valence-electron chi connectivity index (χ3n) is 3.14. The van der Waals surface area contributed by atoms with Crippen LogP contribution in [0.3, 0.4) is 0 Å². The van der Waals surface area contributed by atoms with Crippen LogP contribution in [0.15, 0.2) is 35.7 Å². The fraction of sp³-hybridized carbons (Fsp3) is 0.571. The van der Waals surface area contributed by atoms with Crippen LogP contribution in [0.2, 0.25) is 0 Å². The van der Waals surface area contributed by atoms with E-state index in [1.54, 1.807) is 0 Å². The van der Waals surface area contributed by atoms with Crippen molar-refractivity contribution in [3.05, 3.63) is 35.7 Å². The highest BCUT2D eigenvalue weighted by molar-refractivity contribution is 5.23. The number of likely N-dealkylation sites (N-methyl/N-ethyl adjacent to an activating group) is 2. The standard InChI is InChI=1S/C14H25N3/c1-5-6-14(15-3)8-7-13(2)17-11-9-16(4)10-12-17/h5-8,15H,9-12H2,1-4H3/b6-5-,13-7+,14-8+. The van der Waals surface area contributed by atoms with Crippen LogP contribution in [0.1, 0.15) is 13.8 Å². The Morgan fingerprint density at radius 3 is 2.29 bits per heavy atom. The van der Waals surface area contributed by atoms with Gasteiger partial charge in [0.05, 0.1) is 0 Å². The minimum atomic E-state index is 1.13. The third-order valence-corrected chi connectivity index (χ3v) is 3.14. The van der Waals surface area contributed by atoms with Crippen LogP contribution < -0.4 is 5.32 Å². The molecule has 0 aromatic rings. The van der Waals surface area contributed by atoms with Crippen molar-refractivity contribution in [1.29, 1.82) is 0 Å². The van der Waals surface area contributed by atoms with E-state index in [1.807, 2.05) is 20.0 Å². The van der Waals surface area contributed by atoms with Crippen LogP contribution >= 0.6 is 0 Å². The summed E-state index contributed by atoms with van der Waals surface area (Å²) in [6.45, 7) is 8.79. The van der Waals surface area contributed by atoms with Gasteiger partial charge in [-0.25, -0.2) is 0 Å². The van der Waals surface area contributed by atoms with Crippen LogP contribution in [-0.4, -0.2) is 50.1 Å². The fourth-order valence-electron chi connectivity index (χ4n) is 1.88. The van der Waals surface area contributed by atoms with Gasteiger partial charge in [-0.05, 0) is 39.1 Å². The van der Waals surface area contributed by atoms with E-state index in [9.17, 15) is 0 Å². The monoisotopic (exact) mass is 235 g/mol. The Morgan fingerprint density at radius 1 is 1.12 bits per heavy atom. The molecule has 0 aliphatic carbocycles. The maximum Gasteiger partial charge on any atom is 0.0334 e. The topological polar surface area (TPSA) is 18.5 Å². The Hall–Kier alpha value is -1.22. The molecule has 0 unspecified atom stereocenters. The zero-order valence-corrected chi connectivity index (χ0v) is 11.5. The summed E-state index contributed by atoms with van der Waals surface area (Å²) in [7, 11) is 4.13. The largest absolute Gasteiger partial charge is 0.388 e. The van der Waals surface area contributed by atoms with Crippen molar-refractivity contribution in [3.63, 3.8) is 0 Å². The van der Waals surface area contributed by atoms with Crippen LogP contribution in [0, 0.1) is 0 Å². The summed E-state index contributed by atoms with van der Waals surface area (Å²) >= 11 is 0. The van der Waals surface area contributed by atoms with Crippen molar-refractivity contribution in [2.45, 2.75) is 13.8 Å². The van der Waals surface area contributed by atoms with Gasteiger partial charge in [-0.3, -0.25) is 0 Å². The molecule has 0 atom stereocenters. The normalized spacial score (nSPS) is 20.1. The molecule has 0 spiro atoms. The summed E-state index contributed by atoms with van der Waals surface area (Å²) in [5.41, 5.74) is 2.48. The molecule has 0 saturated carbocycles. The maximum absolute atomic E-state index is 3.17. The Bertz CT molecular complexity index is 307. The molecule has 1 heterocycles. The minimum Gasteiger partial charge on any atom is -0.388 e. The molecule has 17 heavy (non-hydrogen) atoms. The molecule has 0 aromatic carbocycles. The quantitative estimate of drug-likeness (QED) is 0.750.